The van der Waals surface area contributed by atoms with E-state index in [0.717, 1.165) is 37.7 Å². The summed E-state index contributed by atoms with van der Waals surface area (Å²) in [6.45, 7) is 16.2. The third-order valence-electron chi connectivity index (χ3n) is 7.29. The molecular weight excluding hydrogens is 421 g/mol. The molecule has 1 aromatic rings. The number of aromatic nitrogens is 2. The second-order valence-electron chi connectivity index (χ2n) is 11.8. The van der Waals surface area contributed by atoms with E-state index in [1.54, 1.807) is 4.90 Å². The molecule has 4 rings (SSSR count). The maximum Gasteiger partial charge on any atom is 0.498 e. The van der Waals surface area contributed by atoms with Crippen molar-refractivity contribution < 1.29 is 23.6 Å². The van der Waals surface area contributed by atoms with E-state index in [4.69, 9.17) is 18.8 Å². The number of nitrogens with zero attached hydrogens (tertiary/aromatic N) is 3. The molecule has 0 atom stereocenters. The summed E-state index contributed by atoms with van der Waals surface area (Å²) >= 11 is 0. The highest BCUT2D eigenvalue weighted by molar-refractivity contribution is 6.61. The molecule has 9 heteroatoms. The third-order valence-corrected chi connectivity index (χ3v) is 7.29. The largest absolute Gasteiger partial charge is 0.498 e. The van der Waals surface area contributed by atoms with E-state index >= 15 is 0 Å². The molecule has 1 aliphatic carbocycles. The lowest BCUT2D eigenvalue weighted by Gasteiger charge is -2.40. The van der Waals surface area contributed by atoms with Gasteiger partial charge in [0.2, 0.25) is 0 Å². The Morgan fingerprint density at radius 2 is 1.73 bits per heavy atom. The van der Waals surface area contributed by atoms with Gasteiger partial charge < -0.3 is 23.7 Å². The average Bonchev–Trinajstić information content (AvgIpc) is 3.21. The van der Waals surface area contributed by atoms with Gasteiger partial charge in [-0.25, -0.2) is 4.79 Å². The van der Waals surface area contributed by atoms with E-state index in [0.29, 0.717) is 25.1 Å². The smallest absolute Gasteiger partial charge is 0.444 e. The summed E-state index contributed by atoms with van der Waals surface area (Å²) in [4.78, 5) is 14.0. The van der Waals surface area contributed by atoms with E-state index in [1.807, 2.05) is 37.8 Å². The minimum atomic E-state index is -0.453. The molecule has 8 nitrogen and oxygen atoms in total. The number of amides is 1. The number of likely N-dealkylation sites (tertiary alicyclic amines) is 1. The first-order valence-electron chi connectivity index (χ1n) is 12.3. The van der Waals surface area contributed by atoms with E-state index in [-0.39, 0.29) is 30.5 Å². The molecule has 1 saturated carbocycles. The molecule has 2 aliphatic heterocycles. The number of hydrogen-bond acceptors (Lipinski definition) is 6. The number of piperidine rings is 1. The highest BCUT2D eigenvalue weighted by atomic mass is 16.7. The van der Waals surface area contributed by atoms with Crippen molar-refractivity contribution >= 4 is 18.7 Å². The van der Waals surface area contributed by atoms with Crippen LogP contribution in [-0.2, 0) is 25.3 Å². The van der Waals surface area contributed by atoms with Crippen LogP contribution in [0, 0.1) is 5.92 Å². The van der Waals surface area contributed by atoms with Gasteiger partial charge in [-0.2, -0.15) is 5.10 Å². The first-order valence-corrected chi connectivity index (χ1v) is 12.3. The molecule has 3 heterocycles. The topological polar surface area (TPSA) is 75.0 Å². The van der Waals surface area contributed by atoms with Gasteiger partial charge in [0.1, 0.15) is 5.60 Å². The van der Waals surface area contributed by atoms with Crippen molar-refractivity contribution in [3.05, 3.63) is 12.4 Å². The lowest BCUT2D eigenvalue weighted by atomic mass is 9.81. The fourth-order valence-electron chi connectivity index (χ4n) is 4.55. The van der Waals surface area contributed by atoms with Crippen molar-refractivity contribution in [2.24, 2.45) is 5.92 Å². The van der Waals surface area contributed by atoms with Crippen molar-refractivity contribution in [1.82, 2.24) is 14.7 Å². The van der Waals surface area contributed by atoms with Gasteiger partial charge in [-0.3, -0.25) is 4.68 Å². The molecule has 1 aromatic heterocycles. The molecule has 3 fully saturated rings. The lowest BCUT2D eigenvalue weighted by molar-refractivity contribution is -0.0962. The molecule has 3 aliphatic rings. The maximum absolute atomic E-state index is 12.2. The maximum atomic E-state index is 12.2. The van der Waals surface area contributed by atoms with E-state index in [9.17, 15) is 4.79 Å². The standard InChI is InChI=1S/C24H40BN3O5/c1-22(2,3)31-21(29)27-10-8-19(9-11-27)30-20-12-17(13-20)15-28-16-18(14-26-28)25-32-23(4,5)24(6,7)33-25/h14,16-17,19-20H,8-13,15H2,1-7H3. The van der Waals surface area contributed by atoms with Gasteiger partial charge in [-0.1, -0.05) is 0 Å². The summed E-state index contributed by atoms with van der Waals surface area (Å²) < 4.78 is 26.0. The number of ether oxygens (including phenoxy) is 2. The third kappa shape index (κ3) is 5.74. The van der Waals surface area contributed by atoms with Crippen molar-refractivity contribution in [2.45, 2.75) is 110 Å². The molecule has 1 amide bonds. The Hall–Kier alpha value is -1.58. The lowest BCUT2D eigenvalue weighted by Crippen LogP contribution is -2.45. The SMILES string of the molecule is CC(C)(C)OC(=O)N1CCC(OC2CC(Cn3cc(B4OC(C)(C)C(C)(C)O4)cn3)C2)CC1. The van der Waals surface area contributed by atoms with Gasteiger partial charge in [0.05, 0.1) is 23.4 Å². The normalized spacial score (nSPS) is 27.5. The Morgan fingerprint density at radius 1 is 1.12 bits per heavy atom. The first-order chi connectivity index (χ1) is 15.3. The highest BCUT2D eigenvalue weighted by Crippen LogP contribution is 2.37. The van der Waals surface area contributed by atoms with Crippen LogP contribution in [0.2, 0.25) is 0 Å². The molecular formula is C24H40BN3O5. The van der Waals surface area contributed by atoms with Crippen molar-refractivity contribution in [3.8, 4) is 0 Å². The summed E-state index contributed by atoms with van der Waals surface area (Å²) in [5.41, 5.74) is -0.175. The summed E-state index contributed by atoms with van der Waals surface area (Å²) in [6, 6.07) is 0. The summed E-state index contributed by atoms with van der Waals surface area (Å²) in [5.74, 6) is 0.572. The first kappa shape index (κ1) is 24.5. The van der Waals surface area contributed by atoms with Crippen molar-refractivity contribution in [3.63, 3.8) is 0 Å². The van der Waals surface area contributed by atoms with E-state index < -0.39 is 5.60 Å². The molecule has 0 spiro atoms. The monoisotopic (exact) mass is 461 g/mol. The number of carbonyl (C=O) groups is 1. The van der Waals surface area contributed by atoms with Crippen LogP contribution in [0.3, 0.4) is 0 Å². The highest BCUT2D eigenvalue weighted by Gasteiger charge is 2.52. The molecule has 0 N–H and O–H groups in total. The van der Waals surface area contributed by atoms with Gasteiger partial charge in [0.25, 0.3) is 0 Å². The van der Waals surface area contributed by atoms with E-state index in [1.165, 1.54) is 0 Å². The molecule has 0 radical (unpaired) electrons. The zero-order valence-electron chi connectivity index (χ0n) is 21.3. The summed E-state index contributed by atoms with van der Waals surface area (Å²) in [7, 11) is -0.368. The molecule has 184 valence electrons. The Bertz CT molecular complexity index is 819. The van der Waals surface area contributed by atoms with Crippen LogP contribution in [0.25, 0.3) is 0 Å². The van der Waals surface area contributed by atoms with Crippen LogP contribution in [-0.4, -0.2) is 70.0 Å². The second-order valence-corrected chi connectivity index (χ2v) is 11.8. The van der Waals surface area contributed by atoms with Crippen LogP contribution in [0.1, 0.15) is 74.1 Å². The van der Waals surface area contributed by atoms with Crippen LogP contribution in [0.5, 0.6) is 0 Å². The molecule has 0 unspecified atom stereocenters. The van der Waals surface area contributed by atoms with Crippen molar-refractivity contribution in [1.29, 1.82) is 0 Å². The fraction of sp³-hybridized carbons (Fsp3) is 0.833. The number of rotatable bonds is 5. The number of hydrogen-bond donors (Lipinski definition) is 0. The fourth-order valence-corrected chi connectivity index (χ4v) is 4.55. The molecule has 0 bridgehead atoms. The summed E-state index contributed by atoms with van der Waals surface area (Å²) in [6.07, 6.45) is 8.07. The average molecular weight is 461 g/mol. The van der Waals surface area contributed by atoms with Gasteiger partial charge in [0.15, 0.2) is 0 Å². The molecule has 2 saturated heterocycles. The Kier molecular flexibility index (Phi) is 6.62. The Labute approximate surface area is 198 Å². The quantitative estimate of drug-likeness (QED) is 0.626. The van der Waals surface area contributed by atoms with Gasteiger partial charge >= 0.3 is 13.2 Å². The minimum Gasteiger partial charge on any atom is -0.444 e. The zero-order chi connectivity index (χ0) is 24.0. The van der Waals surface area contributed by atoms with Gasteiger partial charge in [-0.15, -0.1) is 0 Å². The van der Waals surface area contributed by atoms with Gasteiger partial charge in [0, 0.05) is 37.5 Å². The molecule has 0 aromatic carbocycles. The number of carbonyl (C=O) groups excluding carboxylic acids is 1. The summed E-state index contributed by atoms with van der Waals surface area (Å²) in [5, 5.41) is 4.54. The van der Waals surface area contributed by atoms with Crippen molar-refractivity contribution in [2.75, 3.05) is 13.1 Å². The Balaban J connectivity index is 1.16. The molecule has 33 heavy (non-hydrogen) atoms. The van der Waals surface area contributed by atoms with Crippen LogP contribution < -0.4 is 5.46 Å². The second kappa shape index (κ2) is 8.89. The Morgan fingerprint density at radius 3 is 2.30 bits per heavy atom. The minimum absolute atomic E-state index is 0.219. The van der Waals surface area contributed by atoms with Crippen LogP contribution in [0.15, 0.2) is 12.4 Å². The van der Waals surface area contributed by atoms with Gasteiger partial charge in [-0.05, 0) is 80.1 Å². The predicted molar refractivity (Wildman–Crippen MR) is 126 cm³/mol. The van der Waals surface area contributed by atoms with Crippen LogP contribution in [0.4, 0.5) is 4.79 Å². The van der Waals surface area contributed by atoms with Crippen LogP contribution >= 0.6 is 0 Å². The van der Waals surface area contributed by atoms with E-state index in [2.05, 4.69) is 32.8 Å². The zero-order valence-corrected chi connectivity index (χ0v) is 21.3. The predicted octanol–water partition coefficient (Wildman–Crippen LogP) is 3.38.